The Morgan fingerprint density at radius 3 is 2.02 bits per heavy atom. The highest BCUT2D eigenvalue weighted by Gasteiger charge is 2.21. The number of halogens is 2. The first-order chi connectivity index (χ1) is 20.3. The van der Waals surface area contributed by atoms with Gasteiger partial charge in [0.25, 0.3) is 0 Å². The van der Waals surface area contributed by atoms with E-state index in [1.54, 1.807) is 14.2 Å². The number of hydrogen-bond acceptors (Lipinski definition) is 7. The van der Waals surface area contributed by atoms with Crippen molar-refractivity contribution in [2.45, 2.75) is 38.4 Å². The fourth-order valence-corrected chi connectivity index (χ4v) is 5.78. The van der Waals surface area contributed by atoms with Gasteiger partial charge in [0.15, 0.2) is 0 Å². The van der Waals surface area contributed by atoms with Gasteiger partial charge in [0, 0.05) is 65.0 Å². The highest BCUT2D eigenvalue weighted by Crippen LogP contribution is 2.42. The molecule has 1 saturated heterocycles. The summed E-state index contributed by atoms with van der Waals surface area (Å²) < 4.78 is 11.1. The van der Waals surface area contributed by atoms with Crippen LogP contribution in [0.2, 0.25) is 10.0 Å². The highest BCUT2D eigenvalue weighted by molar-refractivity contribution is 6.39. The maximum absolute atomic E-state index is 11.5. The van der Waals surface area contributed by atoms with Crippen molar-refractivity contribution >= 4 is 29.1 Å². The van der Waals surface area contributed by atoms with E-state index in [0.29, 0.717) is 52.7 Å². The monoisotopic (exact) mass is 605 g/mol. The molecule has 1 fully saturated rings. The van der Waals surface area contributed by atoms with Crippen molar-refractivity contribution in [2.24, 2.45) is 5.73 Å². The summed E-state index contributed by atoms with van der Waals surface area (Å²) >= 11 is 14.0. The molecule has 1 aliphatic heterocycles. The van der Waals surface area contributed by atoms with Crippen molar-refractivity contribution in [1.82, 2.24) is 20.6 Å². The van der Waals surface area contributed by atoms with Gasteiger partial charge in [0.2, 0.25) is 17.7 Å². The first-order valence-corrected chi connectivity index (χ1v) is 14.5. The van der Waals surface area contributed by atoms with E-state index in [0.717, 1.165) is 39.8 Å². The Labute approximate surface area is 255 Å². The predicted molar refractivity (Wildman–Crippen MR) is 167 cm³/mol. The van der Waals surface area contributed by atoms with Crippen molar-refractivity contribution < 1.29 is 14.3 Å². The lowest BCUT2D eigenvalue weighted by Crippen LogP contribution is -2.35. The highest BCUT2D eigenvalue weighted by atomic mass is 35.5. The number of benzene rings is 2. The first kappa shape index (κ1) is 29.8. The van der Waals surface area contributed by atoms with Gasteiger partial charge in [-0.3, -0.25) is 4.79 Å². The number of amides is 1. The van der Waals surface area contributed by atoms with E-state index in [1.807, 2.05) is 67.6 Å². The molecule has 0 unspecified atom stereocenters. The van der Waals surface area contributed by atoms with Gasteiger partial charge in [0.1, 0.15) is 0 Å². The molecular formula is C32H33Cl2N5O3. The third-order valence-electron chi connectivity index (χ3n) is 7.34. The molecule has 5 rings (SSSR count). The minimum Gasteiger partial charge on any atom is -0.481 e. The van der Waals surface area contributed by atoms with Crippen LogP contribution >= 0.6 is 23.2 Å². The molecule has 1 amide bonds. The van der Waals surface area contributed by atoms with Crippen molar-refractivity contribution in [3.63, 3.8) is 0 Å². The van der Waals surface area contributed by atoms with Gasteiger partial charge in [-0.15, -0.1) is 0 Å². The number of nitrogens with zero attached hydrogens (tertiary/aromatic N) is 2. The van der Waals surface area contributed by atoms with Crippen molar-refractivity contribution in [1.29, 1.82) is 0 Å². The van der Waals surface area contributed by atoms with E-state index in [1.165, 1.54) is 0 Å². The maximum atomic E-state index is 11.5. The van der Waals surface area contributed by atoms with Gasteiger partial charge in [-0.1, -0.05) is 65.7 Å². The Kier molecular flexibility index (Phi) is 9.28. The number of carbonyl (C=O) groups excluding carboxylic acids is 1. The van der Waals surface area contributed by atoms with Gasteiger partial charge in [0.05, 0.1) is 35.7 Å². The minimum absolute atomic E-state index is 0.102. The Balaban J connectivity index is 1.43. The lowest BCUT2D eigenvalue weighted by Gasteiger charge is -2.16. The molecule has 4 aromatic rings. The molecule has 8 nitrogen and oxygen atoms in total. The number of nitrogens with two attached hydrogens (primary N) is 1. The van der Waals surface area contributed by atoms with Crippen molar-refractivity contribution in [3.8, 4) is 45.4 Å². The van der Waals surface area contributed by atoms with Gasteiger partial charge >= 0.3 is 0 Å². The fraction of sp³-hybridized carbons (Fsp3) is 0.281. The van der Waals surface area contributed by atoms with Gasteiger partial charge in [-0.2, -0.15) is 0 Å². The number of aromatic nitrogens is 2. The van der Waals surface area contributed by atoms with Gasteiger partial charge in [-0.25, -0.2) is 9.97 Å². The number of rotatable bonds is 10. The standard InChI is InChI=1S/C32H33Cl2N5O3/c1-18(35)21-12-14-27(39-32(21)42-3)25-9-5-7-23(30(25)34)22-6-4-8-24(29(22)33)26-13-10-19(31(38-26)41-2)16-36-17-20-11-15-28(40)37-20/h4-10,12-14,18,20,36H,11,15-17,35H2,1-3H3,(H,37,40)/t18-,20-/m0/s1. The quantitative estimate of drug-likeness (QED) is 0.197. The van der Waals surface area contributed by atoms with E-state index in [9.17, 15) is 4.79 Å². The van der Waals surface area contributed by atoms with E-state index in [-0.39, 0.29) is 18.0 Å². The zero-order valence-corrected chi connectivity index (χ0v) is 25.2. The number of methoxy groups -OCH3 is 2. The molecule has 3 heterocycles. The summed E-state index contributed by atoms with van der Waals surface area (Å²) in [6, 6.07) is 19.2. The third-order valence-corrected chi connectivity index (χ3v) is 8.15. The summed E-state index contributed by atoms with van der Waals surface area (Å²) in [5, 5.41) is 7.39. The molecule has 42 heavy (non-hydrogen) atoms. The largest absolute Gasteiger partial charge is 0.481 e. The molecule has 0 bridgehead atoms. The molecule has 0 saturated carbocycles. The second-order valence-electron chi connectivity index (χ2n) is 10.2. The smallest absolute Gasteiger partial charge is 0.220 e. The van der Waals surface area contributed by atoms with Crippen LogP contribution in [0.5, 0.6) is 11.8 Å². The molecule has 10 heteroatoms. The Morgan fingerprint density at radius 1 is 0.905 bits per heavy atom. The van der Waals surface area contributed by atoms with E-state index in [2.05, 4.69) is 15.6 Å². The molecule has 0 aliphatic carbocycles. The molecule has 2 aromatic carbocycles. The van der Waals surface area contributed by atoms with Crippen LogP contribution in [0.15, 0.2) is 60.7 Å². The maximum Gasteiger partial charge on any atom is 0.220 e. The Morgan fingerprint density at radius 2 is 1.48 bits per heavy atom. The summed E-state index contributed by atoms with van der Waals surface area (Å²) in [5.74, 6) is 1.07. The fourth-order valence-electron chi connectivity index (χ4n) is 5.13. The van der Waals surface area contributed by atoms with Crippen LogP contribution in [0.25, 0.3) is 33.6 Å². The normalized spacial score (nSPS) is 15.4. The molecular weight excluding hydrogens is 573 g/mol. The van der Waals surface area contributed by atoms with E-state index >= 15 is 0 Å². The molecule has 4 N–H and O–H groups in total. The van der Waals surface area contributed by atoms with Crippen LogP contribution < -0.4 is 25.8 Å². The van der Waals surface area contributed by atoms with Crippen LogP contribution in [0.1, 0.15) is 36.9 Å². The number of hydrogen-bond donors (Lipinski definition) is 3. The number of nitrogens with one attached hydrogen (secondary N) is 2. The summed E-state index contributed by atoms with van der Waals surface area (Å²) in [7, 11) is 3.17. The van der Waals surface area contributed by atoms with E-state index < -0.39 is 0 Å². The topological polar surface area (TPSA) is 111 Å². The molecule has 0 spiro atoms. The van der Waals surface area contributed by atoms with E-state index in [4.69, 9.17) is 43.4 Å². The average molecular weight is 607 g/mol. The van der Waals surface area contributed by atoms with Crippen LogP contribution in [0, 0.1) is 0 Å². The number of pyridine rings is 2. The second-order valence-corrected chi connectivity index (χ2v) is 11.0. The van der Waals surface area contributed by atoms with Crippen molar-refractivity contribution in [3.05, 3.63) is 81.8 Å². The lowest BCUT2D eigenvalue weighted by molar-refractivity contribution is -0.119. The zero-order chi connectivity index (χ0) is 29.8. The molecule has 1 aliphatic rings. The molecule has 2 atom stereocenters. The summed E-state index contributed by atoms with van der Waals surface area (Å²) in [4.78, 5) is 20.9. The average Bonchev–Trinajstić information content (AvgIpc) is 3.42. The second kappa shape index (κ2) is 13.1. The third kappa shape index (κ3) is 6.22. The van der Waals surface area contributed by atoms with Crippen LogP contribution in [0.4, 0.5) is 0 Å². The van der Waals surface area contributed by atoms with Crippen LogP contribution in [-0.2, 0) is 11.3 Å². The zero-order valence-electron chi connectivity index (χ0n) is 23.7. The SMILES string of the molecule is COc1nc(-c2cccc(-c3cccc(-c4ccc([C@H](C)N)c(OC)n4)c3Cl)c2Cl)ccc1CNC[C@@H]1CCC(=O)N1. The Bertz CT molecular complexity index is 1610. The number of carbonyl (C=O) groups is 1. The van der Waals surface area contributed by atoms with Crippen LogP contribution in [-0.4, -0.2) is 42.7 Å². The number of ether oxygens (including phenoxy) is 2. The van der Waals surface area contributed by atoms with Crippen molar-refractivity contribution in [2.75, 3.05) is 20.8 Å². The predicted octanol–water partition coefficient (Wildman–Crippen LogP) is 6.19. The van der Waals surface area contributed by atoms with Crippen LogP contribution in [0.3, 0.4) is 0 Å². The lowest BCUT2D eigenvalue weighted by atomic mass is 9.98. The molecule has 218 valence electrons. The molecule has 2 aromatic heterocycles. The van der Waals surface area contributed by atoms with Gasteiger partial charge in [-0.05, 0) is 31.5 Å². The minimum atomic E-state index is -0.219. The molecule has 0 radical (unpaired) electrons. The Hall–Kier alpha value is -3.69. The summed E-state index contributed by atoms with van der Waals surface area (Å²) in [6.45, 7) is 3.13. The van der Waals surface area contributed by atoms with Gasteiger partial charge < -0.3 is 25.8 Å². The summed E-state index contributed by atoms with van der Waals surface area (Å²) in [6.07, 6.45) is 1.42. The summed E-state index contributed by atoms with van der Waals surface area (Å²) in [5.41, 5.74) is 12.2. The first-order valence-electron chi connectivity index (χ1n) is 13.7.